The number of hydrogen-bond acceptors (Lipinski definition) is 4. The Morgan fingerprint density at radius 3 is 2.67 bits per heavy atom. The van der Waals surface area contributed by atoms with Crippen LogP contribution in [0.1, 0.15) is 23.5 Å². The minimum absolute atomic E-state index is 0.00864. The van der Waals surface area contributed by atoms with Crippen molar-refractivity contribution in [1.82, 2.24) is 10.6 Å². The number of fused-ring (bicyclic) bond motifs is 1. The Labute approximate surface area is 156 Å². The maximum Gasteiger partial charge on any atom is 0.269 e. The van der Waals surface area contributed by atoms with Gasteiger partial charge in [0.25, 0.3) is 5.69 Å². The maximum absolute atomic E-state index is 11.9. The van der Waals surface area contributed by atoms with Crippen LogP contribution in [0.3, 0.4) is 0 Å². The van der Waals surface area contributed by atoms with Gasteiger partial charge >= 0.3 is 0 Å². The smallest absolute Gasteiger partial charge is 0.269 e. The normalized spacial score (nSPS) is 16.3. The van der Waals surface area contributed by atoms with E-state index in [1.54, 1.807) is 19.2 Å². The van der Waals surface area contributed by atoms with Crippen molar-refractivity contribution in [2.45, 2.75) is 18.9 Å². The fourth-order valence-corrected chi connectivity index (χ4v) is 3.05. The number of nitrogens with one attached hydrogen (secondary N) is 3. The molecule has 0 saturated carbocycles. The van der Waals surface area contributed by atoms with Crippen molar-refractivity contribution in [3.8, 4) is 0 Å². The molecule has 1 aliphatic heterocycles. The third kappa shape index (κ3) is 4.60. The summed E-state index contributed by atoms with van der Waals surface area (Å²) in [5.74, 6) is 0.680. The van der Waals surface area contributed by atoms with Gasteiger partial charge < -0.3 is 16.0 Å². The highest BCUT2D eigenvalue weighted by molar-refractivity contribution is 5.94. The fraction of sp³-hybridized carbons (Fsp3) is 0.263. The fourth-order valence-electron chi connectivity index (χ4n) is 3.05. The second kappa shape index (κ2) is 8.31. The lowest BCUT2D eigenvalue weighted by Gasteiger charge is -2.26. The summed E-state index contributed by atoms with van der Waals surface area (Å²) in [5, 5.41) is 20.0. The molecule has 1 atom stereocenters. The SMILES string of the molecule is CN=C(NCc1ccc([N+](=O)[O-])cc1)NCC1CC(=O)Nc2ccccc21. The molecule has 0 aliphatic carbocycles. The third-order valence-corrected chi connectivity index (χ3v) is 4.45. The lowest BCUT2D eigenvalue weighted by atomic mass is 9.90. The molecule has 0 saturated heterocycles. The van der Waals surface area contributed by atoms with Gasteiger partial charge in [-0.25, -0.2) is 0 Å². The molecule has 140 valence electrons. The van der Waals surface area contributed by atoms with Gasteiger partial charge in [-0.1, -0.05) is 30.3 Å². The first-order valence-electron chi connectivity index (χ1n) is 8.63. The van der Waals surface area contributed by atoms with Crippen LogP contribution in [0.25, 0.3) is 0 Å². The molecule has 2 aromatic carbocycles. The number of anilines is 1. The summed E-state index contributed by atoms with van der Waals surface area (Å²) in [6.45, 7) is 1.06. The van der Waals surface area contributed by atoms with Crippen molar-refractivity contribution >= 4 is 23.2 Å². The first-order valence-corrected chi connectivity index (χ1v) is 8.63. The Morgan fingerprint density at radius 1 is 1.22 bits per heavy atom. The molecule has 0 fully saturated rings. The molecule has 0 radical (unpaired) electrons. The quantitative estimate of drug-likeness (QED) is 0.325. The van der Waals surface area contributed by atoms with E-state index < -0.39 is 4.92 Å². The number of nitrogens with zero attached hydrogens (tertiary/aromatic N) is 2. The lowest BCUT2D eigenvalue weighted by molar-refractivity contribution is -0.384. The number of amides is 1. The van der Waals surface area contributed by atoms with Crippen molar-refractivity contribution in [2.24, 2.45) is 4.99 Å². The second-order valence-corrected chi connectivity index (χ2v) is 6.27. The number of nitro groups is 1. The van der Waals surface area contributed by atoms with Crippen molar-refractivity contribution in [3.63, 3.8) is 0 Å². The zero-order valence-corrected chi connectivity index (χ0v) is 14.9. The molecule has 1 amide bonds. The van der Waals surface area contributed by atoms with Gasteiger partial charge in [0.1, 0.15) is 0 Å². The van der Waals surface area contributed by atoms with Crippen LogP contribution in [0.4, 0.5) is 11.4 Å². The van der Waals surface area contributed by atoms with E-state index in [0.29, 0.717) is 25.5 Å². The molecule has 1 aliphatic rings. The molecule has 0 spiro atoms. The van der Waals surface area contributed by atoms with Gasteiger partial charge in [0.2, 0.25) is 5.91 Å². The first-order chi connectivity index (χ1) is 13.1. The van der Waals surface area contributed by atoms with E-state index in [1.807, 2.05) is 24.3 Å². The predicted molar refractivity (Wildman–Crippen MR) is 104 cm³/mol. The van der Waals surface area contributed by atoms with Gasteiger partial charge in [-0.15, -0.1) is 0 Å². The number of nitro benzene ring substituents is 1. The Hall–Kier alpha value is -3.42. The lowest BCUT2D eigenvalue weighted by Crippen LogP contribution is -2.40. The highest BCUT2D eigenvalue weighted by atomic mass is 16.6. The van der Waals surface area contributed by atoms with Crippen LogP contribution in [0, 0.1) is 10.1 Å². The van der Waals surface area contributed by atoms with Gasteiger partial charge in [-0.2, -0.15) is 0 Å². The number of carbonyl (C=O) groups is 1. The number of non-ortho nitro benzene ring substituents is 1. The number of para-hydroxylation sites is 1. The molecule has 2 aromatic rings. The summed E-state index contributed by atoms with van der Waals surface area (Å²) in [6, 6.07) is 14.2. The van der Waals surface area contributed by atoms with Gasteiger partial charge in [0.15, 0.2) is 5.96 Å². The summed E-state index contributed by atoms with van der Waals surface area (Å²) in [7, 11) is 1.67. The highest BCUT2D eigenvalue weighted by Gasteiger charge is 2.24. The Morgan fingerprint density at radius 2 is 1.96 bits per heavy atom. The van der Waals surface area contributed by atoms with Crippen LogP contribution in [-0.4, -0.2) is 30.4 Å². The average molecular weight is 367 g/mol. The monoisotopic (exact) mass is 367 g/mol. The topological polar surface area (TPSA) is 109 Å². The van der Waals surface area contributed by atoms with E-state index in [0.717, 1.165) is 16.8 Å². The Balaban J connectivity index is 1.57. The molecular formula is C19H21N5O3. The van der Waals surface area contributed by atoms with Gasteiger partial charge in [-0.05, 0) is 17.2 Å². The number of benzene rings is 2. The van der Waals surface area contributed by atoms with Crippen molar-refractivity contribution in [1.29, 1.82) is 0 Å². The van der Waals surface area contributed by atoms with E-state index in [4.69, 9.17) is 0 Å². The van der Waals surface area contributed by atoms with E-state index in [-0.39, 0.29) is 17.5 Å². The van der Waals surface area contributed by atoms with Crippen LogP contribution >= 0.6 is 0 Å². The molecule has 3 rings (SSSR count). The van der Waals surface area contributed by atoms with Crippen LogP contribution in [-0.2, 0) is 11.3 Å². The molecule has 0 bridgehead atoms. The van der Waals surface area contributed by atoms with Crippen molar-refractivity contribution in [3.05, 3.63) is 69.8 Å². The largest absolute Gasteiger partial charge is 0.356 e. The molecule has 1 heterocycles. The number of hydrogen-bond donors (Lipinski definition) is 3. The van der Waals surface area contributed by atoms with Gasteiger partial charge in [0, 0.05) is 50.3 Å². The minimum atomic E-state index is -0.421. The molecule has 8 heteroatoms. The van der Waals surface area contributed by atoms with Crippen LogP contribution in [0.2, 0.25) is 0 Å². The predicted octanol–water partition coefficient (Wildman–Crippen LogP) is 2.39. The molecule has 1 unspecified atom stereocenters. The third-order valence-electron chi connectivity index (χ3n) is 4.45. The molecular weight excluding hydrogens is 346 g/mol. The maximum atomic E-state index is 11.9. The van der Waals surface area contributed by atoms with Gasteiger partial charge in [-0.3, -0.25) is 19.9 Å². The van der Waals surface area contributed by atoms with Crippen molar-refractivity contribution in [2.75, 3.05) is 18.9 Å². The average Bonchev–Trinajstić information content (AvgIpc) is 2.68. The Kier molecular flexibility index (Phi) is 5.65. The molecule has 3 N–H and O–H groups in total. The molecule has 0 aromatic heterocycles. The summed E-state index contributed by atoms with van der Waals surface area (Å²) in [6.07, 6.45) is 0.420. The number of aliphatic imine (C=N–C) groups is 1. The van der Waals surface area contributed by atoms with E-state index in [9.17, 15) is 14.9 Å². The van der Waals surface area contributed by atoms with Crippen molar-refractivity contribution < 1.29 is 9.72 Å². The molecule has 27 heavy (non-hydrogen) atoms. The summed E-state index contributed by atoms with van der Waals surface area (Å²) >= 11 is 0. The molecule has 8 nitrogen and oxygen atoms in total. The Bertz CT molecular complexity index is 864. The zero-order chi connectivity index (χ0) is 19.2. The highest BCUT2D eigenvalue weighted by Crippen LogP contribution is 2.31. The minimum Gasteiger partial charge on any atom is -0.356 e. The van der Waals surface area contributed by atoms with E-state index >= 15 is 0 Å². The number of guanidine groups is 1. The standard InChI is InChI=1S/C19H21N5O3/c1-20-19(21-11-13-6-8-15(9-7-13)24(26)27)22-12-14-10-18(25)23-17-5-3-2-4-16(14)17/h2-9,14H,10-12H2,1H3,(H,23,25)(H2,20,21,22). The van der Waals surface area contributed by atoms with Crippen LogP contribution in [0.15, 0.2) is 53.5 Å². The van der Waals surface area contributed by atoms with Gasteiger partial charge in [0.05, 0.1) is 4.92 Å². The van der Waals surface area contributed by atoms with Crippen LogP contribution in [0.5, 0.6) is 0 Å². The number of rotatable bonds is 5. The van der Waals surface area contributed by atoms with E-state index in [1.165, 1.54) is 12.1 Å². The summed E-state index contributed by atoms with van der Waals surface area (Å²) in [5.41, 5.74) is 2.94. The zero-order valence-electron chi connectivity index (χ0n) is 14.9. The first kappa shape index (κ1) is 18.4. The summed E-state index contributed by atoms with van der Waals surface area (Å²) < 4.78 is 0. The van der Waals surface area contributed by atoms with Crippen LogP contribution < -0.4 is 16.0 Å². The number of carbonyl (C=O) groups excluding carboxylic acids is 1. The summed E-state index contributed by atoms with van der Waals surface area (Å²) in [4.78, 5) is 26.4. The van der Waals surface area contributed by atoms with E-state index in [2.05, 4.69) is 20.9 Å². The second-order valence-electron chi connectivity index (χ2n) is 6.27.